The first-order chi connectivity index (χ1) is 11.2. The first kappa shape index (κ1) is 15.9. The summed E-state index contributed by atoms with van der Waals surface area (Å²) >= 11 is 0. The van der Waals surface area contributed by atoms with E-state index in [4.69, 9.17) is 9.05 Å². The van der Waals surface area contributed by atoms with E-state index in [1.54, 1.807) is 14.2 Å². The zero-order chi connectivity index (χ0) is 16.3. The van der Waals surface area contributed by atoms with Crippen LogP contribution in [-0.2, 0) is 9.05 Å². The zero-order valence-corrected chi connectivity index (χ0v) is 14.3. The van der Waals surface area contributed by atoms with Crippen LogP contribution in [0.25, 0.3) is 10.6 Å². The first-order valence-electron chi connectivity index (χ1n) is 7.46. The molecule has 2 nitrogen and oxygen atoms in total. The third-order valence-electron chi connectivity index (χ3n) is 3.93. The monoisotopic (exact) mass is 323 g/mol. The summed E-state index contributed by atoms with van der Waals surface area (Å²) in [5.41, 5.74) is 3.16. The minimum Gasteiger partial charge on any atom is -0.199 e. The highest BCUT2D eigenvalue weighted by Gasteiger charge is 2.53. The van der Waals surface area contributed by atoms with Crippen molar-refractivity contribution in [3.8, 4) is 0 Å². The molecule has 0 aromatic heterocycles. The van der Waals surface area contributed by atoms with E-state index in [0.29, 0.717) is 0 Å². The normalized spacial score (nSPS) is 16.7. The Morgan fingerprint density at radius 3 is 1.43 bits per heavy atom. The van der Waals surface area contributed by atoms with E-state index >= 15 is 0 Å². The number of allylic oxidation sites excluding steroid dienone is 3. The molecular weight excluding hydrogens is 303 g/mol. The molecule has 0 spiro atoms. The van der Waals surface area contributed by atoms with Crippen LogP contribution in [0, 0.1) is 0 Å². The molecule has 0 N–H and O–H groups in total. The molecule has 0 saturated heterocycles. The quantitative estimate of drug-likeness (QED) is 0.664. The van der Waals surface area contributed by atoms with Gasteiger partial charge in [-0.1, -0.05) is 67.2 Å². The van der Waals surface area contributed by atoms with Crippen LogP contribution in [0.5, 0.6) is 0 Å². The van der Waals surface area contributed by atoms with E-state index in [9.17, 15) is 0 Å². The molecular formula is C20H20O2P+. The maximum atomic E-state index is 6.02. The molecule has 2 aromatic rings. The number of hydrogen-bond acceptors (Lipinski definition) is 2. The van der Waals surface area contributed by atoms with E-state index in [2.05, 4.69) is 43.0 Å². The second-order valence-corrected chi connectivity index (χ2v) is 8.08. The molecule has 0 fully saturated rings. The summed E-state index contributed by atoms with van der Waals surface area (Å²) in [6, 6.07) is 20.5. The first-order valence-corrected chi connectivity index (χ1v) is 9.08. The van der Waals surface area contributed by atoms with Crippen LogP contribution in [0.4, 0.5) is 0 Å². The largest absolute Gasteiger partial charge is 0.340 e. The smallest absolute Gasteiger partial charge is 0.199 e. The van der Waals surface area contributed by atoms with Crippen molar-refractivity contribution in [1.82, 2.24) is 0 Å². The van der Waals surface area contributed by atoms with Gasteiger partial charge in [0.2, 0.25) is 0 Å². The Morgan fingerprint density at radius 2 is 1.09 bits per heavy atom. The summed E-state index contributed by atoms with van der Waals surface area (Å²) in [4.78, 5) is 0. The highest BCUT2D eigenvalue weighted by atomic mass is 31.2. The predicted molar refractivity (Wildman–Crippen MR) is 98.9 cm³/mol. The third-order valence-corrected chi connectivity index (χ3v) is 7.00. The van der Waals surface area contributed by atoms with E-state index in [-0.39, 0.29) is 0 Å². The summed E-state index contributed by atoms with van der Waals surface area (Å²) in [5.74, 6) is 0. The van der Waals surface area contributed by atoms with Gasteiger partial charge in [-0.3, -0.25) is 0 Å². The average Bonchev–Trinajstić information content (AvgIpc) is 2.63. The Balaban J connectivity index is 2.20. The molecule has 0 aliphatic carbocycles. The van der Waals surface area contributed by atoms with Crippen molar-refractivity contribution < 1.29 is 9.05 Å². The van der Waals surface area contributed by atoms with Crippen LogP contribution < -0.4 is 0 Å². The molecule has 0 radical (unpaired) electrons. The standard InChI is InChI=1S/C20H20O2P/c1-16-14-19(17-10-6-4-7-11-17)23(21-2,22-3)20(15-16)18-12-8-5-9-13-18/h4-15H,1H2,2-3H3/q+1. The molecule has 23 heavy (non-hydrogen) atoms. The van der Waals surface area contributed by atoms with Crippen molar-refractivity contribution in [3.05, 3.63) is 96.1 Å². The summed E-state index contributed by atoms with van der Waals surface area (Å²) in [5, 5.41) is 2.13. The molecule has 0 unspecified atom stereocenters. The lowest BCUT2D eigenvalue weighted by molar-refractivity contribution is 0.338. The van der Waals surface area contributed by atoms with Crippen molar-refractivity contribution in [3.63, 3.8) is 0 Å². The third kappa shape index (κ3) is 2.82. The van der Waals surface area contributed by atoms with Crippen molar-refractivity contribution in [2.45, 2.75) is 0 Å². The summed E-state index contributed by atoms with van der Waals surface area (Å²) in [6.45, 7) is 4.15. The van der Waals surface area contributed by atoms with Gasteiger partial charge in [0.05, 0.1) is 14.2 Å². The second kappa shape index (κ2) is 6.64. The molecule has 0 bridgehead atoms. The van der Waals surface area contributed by atoms with Gasteiger partial charge in [-0.2, -0.15) is 9.05 Å². The maximum Gasteiger partial charge on any atom is 0.340 e. The predicted octanol–water partition coefficient (Wildman–Crippen LogP) is 5.78. The fraction of sp³-hybridized carbons (Fsp3) is 0.100. The highest BCUT2D eigenvalue weighted by Crippen LogP contribution is 2.79. The fourth-order valence-corrected chi connectivity index (χ4v) is 5.73. The van der Waals surface area contributed by atoms with E-state index in [1.165, 1.54) is 0 Å². The van der Waals surface area contributed by atoms with Gasteiger partial charge in [0.15, 0.2) is 10.6 Å². The Kier molecular flexibility index (Phi) is 4.58. The minimum absolute atomic E-state index is 0.951. The van der Waals surface area contributed by atoms with Crippen LogP contribution in [-0.4, -0.2) is 14.2 Å². The molecule has 3 rings (SSSR count). The molecule has 0 saturated carbocycles. The Bertz CT molecular complexity index is 695. The molecule has 0 atom stereocenters. The van der Waals surface area contributed by atoms with Crippen LogP contribution in [0.2, 0.25) is 0 Å². The average molecular weight is 323 g/mol. The number of rotatable bonds is 4. The highest BCUT2D eigenvalue weighted by molar-refractivity contribution is 7.86. The maximum absolute atomic E-state index is 6.02. The summed E-state index contributed by atoms with van der Waals surface area (Å²) in [6.07, 6.45) is 4.14. The van der Waals surface area contributed by atoms with Gasteiger partial charge < -0.3 is 0 Å². The van der Waals surface area contributed by atoms with Gasteiger partial charge in [0.25, 0.3) is 0 Å². The van der Waals surface area contributed by atoms with Crippen molar-refractivity contribution in [2.24, 2.45) is 0 Å². The summed E-state index contributed by atoms with van der Waals surface area (Å²) in [7, 11) is 1.05. The Morgan fingerprint density at radius 1 is 0.696 bits per heavy atom. The fourth-order valence-electron chi connectivity index (χ4n) is 2.88. The van der Waals surface area contributed by atoms with E-state index in [0.717, 1.165) is 27.3 Å². The van der Waals surface area contributed by atoms with Gasteiger partial charge >= 0.3 is 7.72 Å². The molecule has 3 heteroatoms. The van der Waals surface area contributed by atoms with Gasteiger partial charge in [-0.25, -0.2) is 0 Å². The Labute approximate surface area is 138 Å². The van der Waals surface area contributed by atoms with Crippen LogP contribution >= 0.6 is 7.72 Å². The Hall–Kier alpha value is -1.99. The SMILES string of the molecule is C=C1C=C(c2ccccc2)[P+](OC)(OC)C(c2ccccc2)=C1. The van der Waals surface area contributed by atoms with Gasteiger partial charge in [-0.15, -0.1) is 0 Å². The zero-order valence-electron chi connectivity index (χ0n) is 13.4. The van der Waals surface area contributed by atoms with Crippen molar-refractivity contribution >= 4 is 18.3 Å². The topological polar surface area (TPSA) is 18.5 Å². The molecule has 1 aliphatic rings. The van der Waals surface area contributed by atoms with Crippen molar-refractivity contribution in [1.29, 1.82) is 0 Å². The van der Waals surface area contributed by atoms with Crippen LogP contribution in [0.1, 0.15) is 11.1 Å². The molecule has 1 heterocycles. The molecule has 0 amide bonds. The molecule has 2 aromatic carbocycles. The van der Waals surface area contributed by atoms with E-state index in [1.807, 2.05) is 36.4 Å². The minimum atomic E-state index is -2.39. The lowest BCUT2D eigenvalue weighted by Crippen LogP contribution is -2.08. The molecule has 1 aliphatic heterocycles. The van der Waals surface area contributed by atoms with Gasteiger partial charge in [0.1, 0.15) is 0 Å². The van der Waals surface area contributed by atoms with E-state index < -0.39 is 7.72 Å². The lowest BCUT2D eigenvalue weighted by atomic mass is 10.1. The summed E-state index contributed by atoms with van der Waals surface area (Å²) < 4.78 is 12.0. The second-order valence-electron chi connectivity index (χ2n) is 5.28. The van der Waals surface area contributed by atoms with Gasteiger partial charge in [-0.05, 0) is 17.7 Å². The number of hydrogen-bond donors (Lipinski definition) is 0. The van der Waals surface area contributed by atoms with Crippen LogP contribution in [0.15, 0.2) is 85.0 Å². The van der Waals surface area contributed by atoms with Crippen molar-refractivity contribution in [2.75, 3.05) is 14.2 Å². The lowest BCUT2D eigenvalue weighted by Gasteiger charge is -2.28. The van der Waals surface area contributed by atoms with Gasteiger partial charge in [0, 0.05) is 11.1 Å². The molecule has 116 valence electrons. The number of benzene rings is 2. The van der Waals surface area contributed by atoms with Crippen LogP contribution in [0.3, 0.4) is 0 Å².